The van der Waals surface area contributed by atoms with E-state index in [2.05, 4.69) is 0 Å². The van der Waals surface area contributed by atoms with E-state index in [9.17, 15) is 4.79 Å². The van der Waals surface area contributed by atoms with Gasteiger partial charge in [0, 0.05) is 10.0 Å². The molecule has 0 radical (unpaired) electrons. The minimum atomic E-state index is -0.727. The monoisotopic (exact) mass is 261 g/mol. The lowest BCUT2D eigenvalue weighted by atomic mass is 9.94. The smallest absolute Gasteiger partial charge is 0.226 e. The molecule has 0 aromatic heterocycles. The maximum atomic E-state index is 11.1. The zero-order valence-corrected chi connectivity index (χ0v) is 10.6. The zero-order valence-electron chi connectivity index (χ0n) is 9.09. The predicted octanol–water partition coefficient (Wildman–Crippen LogP) is 2.88. The average Bonchev–Trinajstić information content (AvgIpc) is 2.13. The van der Waals surface area contributed by atoms with Crippen LogP contribution in [0.1, 0.15) is 13.8 Å². The van der Waals surface area contributed by atoms with Gasteiger partial charge in [-0.15, -0.1) is 0 Å². The first-order valence-electron chi connectivity index (χ1n) is 4.70. The Labute approximate surface area is 104 Å². The summed E-state index contributed by atoms with van der Waals surface area (Å²) >= 11 is 11.6. The summed E-state index contributed by atoms with van der Waals surface area (Å²) < 4.78 is 5.42. The van der Waals surface area contributed by atoms with E-state index < -0.39 is 11.3 Å². The molecule has 0 aliphatic heterocycles. The third kappa shape index (κ3) is 3.58. The van der Waals surface area contributed by atoms with Gasteiger partial charge in [-0.3, -0.25) is 4.79 Å². The molecule has 0 fully saturated rings. The molecule has 0 saturated heterocycles. The van der Waals surface area contributed by atoms with Crippen LogP contribution in [0.5, 0.6) is 5.75 Å². The summed E-state index contributed by atoms with van der Waals surface area (Å²) in [5.74, 6) is 0.104. The summed E-state index contributed by atoms with van der Waals surface area (Å²) in [7, 11) is 0. The molecule has 1 aromatic rings. The SMILES string of the molecule is CC(C)(COc1cc(Cl)cc(Cl)c1)C(N)=O. The highest BCUT2D eigenvalue weighted by atomic mass is 35.5. The van der Waals surface area contributed by atoms with Crippen LogP contribution in [0.3, 0.4) is 0 Å². The molecule has 0 aliphatic rings. The molecule has 0 bridgehead atoms. The zero-order chi connectivity index (χ0) is 12.3. The minimum absolute atomic E-state index is 0.180. The van der Waals surface area contributed by atoms with Gasteiger partial charge < -0.3 is 10.5 Å². The molecule has 3 nitrogen and oxygen atoms in total. The first-order chi connectivity index (χ1) is 7.31. The fraction of sp³-hybridized carbons (Fsp3) is 0.364. The molecule has 0 aliphatic carbocycles. The Morgan fingerprint density at radius 1 is 1.31 bits per heavy atom. The second-order valence-corrected chi connectivity index (χ2v) is 5.01. The van der Waals surface area contributed by atoms with Crippen LogP contribution in [0.2, 0.25) is 10.0 Å². The van der Waals surface area contributed by atoms with E-state index in [0.717, 1.165) is 0 Å². The number of hydrogen-bond acceptors (Lipinski definition) is 2. The molecule has 1 amide bonds. The van der Waals surface area contributed by atoms with Crippen LogP contribution in [0.4, 0.5) is 0 Å². The number of carbonyl (C=O) groups is 1. The van der Waals surface area contributed by atoms with Gasteiger partial charge in [-0.1, -0.05) is 23.2 Å². The van der Waals surface area contributed by atoms with Crippen molar-refractivity contribution in [1.82, 2.24) is 0 Å². The first-order valence-corrected chi connectivity index (χ1v) is 5.46. The van der Waals surface area contributed by atoms with Gasteiger partial charge >= 0.3 is 0 Å². The van der Waals surface area contributed by atoms with Crippen molar-refractivity contribution in [2.45, 2.75) is 13.8 Å². The van der Waals surface area contributed by atoms with E-state index in [4.69, 9.17) is 33.7 Å². The lowest BCUT2D eigenvalue weighted by molar-refractivity contribution is -0.127. The van der Waals surface area contributed by atoms with Crippen LogP contribution < -0.4 is 10.5 Å². The Morgan fingerprint density at radius 3 is 2.25 bits per heavy atom. The normalized spacial score (nSPS) is 11.2. The molecule has 0 spiro atoms. The second kappa shape index (κ2) is 4.93. The summed E-state index contributed by atoms with van der Waals surface area (Å²) in [5, 5.41) is 0.971. The maximum absolute atomic E-state index is 11.1. The van der Waals surface area contributed by atoms with Crippen LogP contribution in [0.25, 0.3) is 0 Å². The summed E-state index contributed by atoms with van der Waals surface area (Å²) in [6, 6.07) is 4.87. The van der Waals surface area contributed by atoms with E-state index in [1.807, 2.05) is 0 Å². The summed E-state index contributed by atoms with van der Waals surface area (Å²) in [4.78, 5) is 11.1. The number of carbonyl (C=O) groups excluding carboxylic acids is 1. The lowest BCUT2D eigenvalue weighted by Crippen LogP contribution is -2.36. The number of rotatable bonds is 4. The maximum Gasteiger partial charge on any atom is 0.226 e. The lowest BCUT2D eigenvalue weighted by Gasteiger charge is -2.20. The van der Waals surface area contributed by atoms with Gasteiger partial charge in [0.1, 0.15) is 12.4 Å². The third-order valence-corrected chi connectivity index (χ3v) is 2.54. The fourth-order valence-electron chi connectivity index (χ4n) is 0.947. The third-order valence-electron chi connectivity index (χ3n) is 2.10. The van der Waals surface area contributed by atoms with E-state index in [1.54, 1.807) is 32.0 Å². The number of ether oxygens (including phenoxy) is 1. The Bertz CT molecular complexity index is 385. The molecular weight excluding hydrogens is 249 g/mol. The number of hydrogen-bond donors (Lipinski definition) is 1. The number of halogens is 2. The van der Waals surface area contributed by atoms with Gasteiger partial charge in [0.2, 0.25) is 5.91 Å². The topological polar surface area (TPSA) is 52.3 Å². The van der Waals surface area contributed by atoms with E-state index in [-0.39, 0.29) is 6.61 Å². The summed E-state index contributed by atoms with van der Waals surface area (Å²) in [6.45, 7) is 3.60. The van der Waals surface area contributed by atoms with Gasteiger partial charge in [-0.05, 0) is 32.0 Å². The van der Waals surface area contributed by atoms with Crippen molar-refractivity contribution in [3.8, 4) is 5.75 Å². The van der Waals surface area contributed by atoms with Crippen LogP contribution in [0, 0.1) is 5.41 Å². The number of benzene rings is 1. The largest absolute Gasteiger partial charge is 0.492 e. The molecule has 0 unspecified atom stereocenters. The van der Waals surface area contributed by atoms with Gasteiger partial charge in [0.15, 0.2) is 0 Å². The highest BCUT2D eigenvalue weighted by Gasteiger charge is 2.25. The number of amides is 1. The standard InChI is InChI=1S/C11H13Cl2NO2/c1-11(2,10(14)15)6-16-9-4-7(12)3-8(13)5-9/h3-5H,6H2,1-2H3,(H2,14,15). The van der Waals surface area contributed by atoms with Gasteiger partial charge in [0.25, 0.3) is 0 Å². The highest BCUT2D eigenvalue weighted by molar-refractivity contribution is 6.34. The van der Waals surface area contributed by atoms with Gasteiger partial charge in [0.05, 0.1) is 5.41 Å². The van der Waals surface area contributed by atoms with E-state index >= 15 is 0 Å². The quantitative estimate of drug-likeness (QED) is 0.906. The van der Waals surface area contributed by atoms with Crippen LogP contribution in [-0.2, 0) is 4.79 Å². The van der Waals surface area contributed by atoms with Crippen molar-refractivity contribution in [2.75, 3.05) is 6.61 Å². The van der Waals surface area contributed by atoms with Crippen LogP contribution in [-0.4, -0.2) is 12.5 Å². The van der Waals surface area contributed by atoms with E-state index in [0.29, 0.717) is 15.8 Å². The van der Waals surface area contributed by atoms with Crippen LogP contribution in [0.15, 0.2) is 18.2 Å². The number of primary amides is 1. The number of nitrogens with two attached hydrogens (primary N) is 1. The molecule has 0 atom stereocenters. The van der Waals surface area contributed by atoms with Crippen molar-refractivity contribution < 1.29 is 9.53 Å². The Balaban J connectivity index is 2.71. The van der Waals surface area contributed by atoms with Crippen molar-refractivity contribution in [1.29, 1.82) is 0 Å². The second-order valence-electron chi connectivity index (χ2n) is 4.14. The van der Waals surface area contributed by atoms with Crippen molar-refractivity contribution in [3.63, 3.8) is 0 Å². The molecule has 0 saturated carbocycles. The molecular formula is C11H13Cl2NO2. The van der Waals surface area contributed by atoms with Crippen molar-refractivity contribution in [2.24, 2.45) is 11.1 Å². The van der Waals surface area contributed by atoms with Gasteiger partial charge in [-0.25, -0.2) is 0 Å². The van der Waals surface area contributed by atoms with Crippen molar-refractivity contribution in [3.05, 3.63) is 28.2 Å². The Morgan fingerprint density at radius 2 is 1.81 bits per heavy atom. The summed E-state index contributed by atoms with van der Waals surface area (Å²) in [6.07, 6.45) is 0. The minimum Gasteiger partial charge on any atom is -0.492 e. The molecule has 0 heterocycles. The Hall–Kier alpha value is -0.930. The average molecular weight is 262 g/mol. The first kappa shape index (κ1) is 13.1. The highest BCUT2D eigenvalue weighted by Crippen LogP contribution is 2.25. The fourth-order valence-corrected chi connectivity index (χ4v) is 1.45. The predicted molar refractivity (Wildman–Crippen MR) is 64.9 cm³/mol. The molecule has 1 rings (SSSR count). The molecule has 5 heteroatoms. The molecule has 16 heavy (non-hydrogen) atoms. The van der Waals surface area contributed by atoms with Crippen LogP contribution >= 0.6 is 23.2 Å². The molecule has 1 aromatic carbocycles. The van der Waals surface area contributed by atoms with Gasteiger partial charge in [-0.2, -0.15) is 0 Å². The summed E-state index contributed by atoms with van der Waals surface area (Å²) in [5.41, 5.74) is 4.50. The molecule has 2 N–H and O–H groups in total. The molecule has 88 valence electrons. The van der Waals surface area contributed by atoms with E-state index in [1.165, 1.54) is 0 Å². The Kier molecular flexibility index (Phi) is 4.05. The van der Waals surface area contributed by atoms with Crippen molar-refractivity contribution >= 4 is 29.1 Å².